The summed E-state index contributed by atoms with van der Waals surface area (Å²) in [5, 5.41) is 3.15. The number of anilines is 1. The van der Waals surface area contributed by atoms with Crippen molar-refractivity contribution < 1.29 is 22.7 Å². The number of hydrogen-bond donors (Lipinski definition) is 1. The van der Waals surface area contributed by atoms with Crippen LogP contribution in [0.3, 0.4) is 0 Å². The van der Waals surface area contributed by atoms with E-state index in [1.807, 2.05) is 51.1 Å². The van der Waals surface area contributed by atoms with Gasteiger partial charge in [0.2, 0.25) is 11.8 Å². The number of sulfonamides is 1. The van der Waals surface area contributed by atoms with E-state index < -0.39 is 28.5 Å². The second-order valence-corrected chi connectivity index (χ2v) is 11.7. The molecule has 214 valence electrons. The van der Waals surface area contributed by atoms with Gasteiger partial charge in [-0.1, -0.05) is 73.5 Å². The Hall–Kier alpha value is -3.56. The summed E-state index contributed by atoms with van der Waals surface area (Å²) in [6.45, 7) is 5.65. The van der Waals surface area contributed by atoms with Gasteiger partial charge >= 0.3 is 0 Å². The molecule has 3 rings (SSSR count). The molecule has 1 N–H and O–H groups in total. The smallest absolute Gasteiger partial charge is 0.264 e. The standard InChI is InChI=1S/C30H36ClN3O5S/c1-5-18-32-30(36)26(6-2)33(20-23-10-8-7-9-11-23)29(35)21-34(27-19-24(31)14-17-28(27)39-4)40(37,38)25-15-12-22(3)13-16-25/h7-17,19,26H,5-6,18,20-21H2,1-4H3,(H,32,36)/t26-/m1/s1. The first-order valence-electron chi connectivity index (χ1n) is 13.2. The van der Waals surface area contributed by atoms with Crippen LogP contribution in [0, 0.1) is 6.92 Å². The first-order chi connectivity index (χ1) is 19.1. The largest absolute Gasteiger partial charge is 0.495 e. The molecule has 0 saturated carbocycles. The van der Waals surface area contributed by atoms with Gasteiger partial charge in [-0.05, 0) is 55.7 Å². The Kier molecular flexibility index (Phi) is 11.0. The fraction of sp³-hybridized carbons (Fsp3) is 0.333. The van der Waals surface area contributed by atoms with Crippen LogP contribution in [-0.4, -0.2) is 51.4 Å². The average molecular weight is 586 g/mol. The first-order valence-corrected chi connectivity index (χ1v) is 15.0. The molecule has 1 atom stereocenters. The number of methoxy groups -OCH3 is 1. The van der Waals surface area contributed by atoms with E-state index in [-0.39, 0.29) is 33.8 Å². The van der Waals surface area contributed by atoms with Crippen LogP contribution in [0.25, 0.3) is 0 Å². The summed E-state index contributed by atoms with van der Waals surface area (Å²) in [5.74, 6) is -0.600. The summed E-state index contributed by atoms with van der Waals surface area (Å²) in [6.07, 6.45) is 1.09. The normalized spacial score (nSPS) is 11.9. The van der Waals surface area contributed by atoms with Gasteiger partial charge in [-0.3, -0.25) is 13.9 Å². The molecule has 0 heterocycles. The highest BCUT2D eigenvalue weighted by atomic mass is 35.5. The Morgan fingerprint density at radius 3 is 2.27 bits per heavy atom. The lowest BCUT2D eigenvalue weighted by molar-refractivity contribution is -0.140. The molecule has 3 aromatic rings. The van der Waals surface area contributed by atoms with Crippen molar-refractivity contribution in [2.75, 3.05) is 24.5 Å². The molecule has 0 spiro atoms. The number of carbonyl (C=O) groups is 2. The van der Waals surface area contributed by atoms with Gasteiger partial charge in [0.25, 0.3) is 10.0 Å². The summed E-state index contributed by atoms with van der Waals surface area (Å²) < 4.78 is 34.5. The van der Waals surface area contributed by atoms with Crippen molar-refractivity contribution >= 4 is 39.1 Å². The zero-order valence-electron chi connectivity index (χ0n) is 23.3. The zero-order chi connectivity index (χ0) is 29.3. The van der Waals surface area contributed by atoms with Crippen LogP contribution in [0.2, 0.25) is 5.02 Å². The number of amides is 2. The van der Waals surface area contributed by atoms with E-state index in [0.717, 1.165) is 21.9 Å². The maximum atomic E-state index is 14.1. The zero-order valence-corrected chi connectivity index (χ0v) is 24.8. The SMILES string of the molecule is CCCNC(=O)[C@@H](CC)N(Cc1ccccc1)C(=O)CN(c1cc(Cl)ccc1OC)S(=O)(=O)c1ccc(C)cc1. The molecular formula is C30H36ClN3O5S. The molecule has 0 bridgehead atoms. The van der Waals surface area contributed by atoms with Crippen LogP contribution in [-0.2, 0) is 26.2 Å². The van der Waals surface area contributed by atoms with Gasteiger partial charge < -0.3 is 15.0 Å². The van der Waals surface area contributed by atoms with E-state index >= 15 is 0 Å². The van der Waals surface area contributed by atoms with Gasteiger partial charge in [-0.15, -0.1) is 0 Å². The second-order valence-electron chi connectivity index (χ2n) is 9.36. The van der Waals surface area contributed by atoms with E-state index in [4.69, 9.17) is 16.3 Å². The molecule has 2 amide bonds. The quantitative estimate of drug-likeness (QED) is 0.298. The monoisotopic (exact) mass is 585 g/mol. The lowest BCUT2D eigenvalue weighted by atomic mass is 10.1. The minimum absolute atomic E-state index is 0.00951. The highest BCUT2D eigenvalue weighted by molar-refractivity contribution is 7.92. The van der Waals surface area contributed by atoms with E-state index in [2.05, 4.69) is 5.32 Å². The van der Waals surface area contributed by atoms with Crippen molar-refractivity contribution in [2.24, 2.45) is 0 Å². The number of nitrogens with one attached hydrogen (secondary N) is 1. The third kappa shape index (κ3) is 7.55. The maximum Gasteiger partial charge on any atom is 0.264 e. The van der Waals surface area contributed by atoms with E-state index in [9.17, 15) is 18.0 Å². The molecule has 0 aromatic heterocycles. The molecule has 0 saturated heterocycles. The predicted octanol–water partition coefficient (Wildman–Crippen LogP) is 5.19. The predicted molar refractivity (Wildman–Crippen MR) is 158 cm³/mol. The number of carbonyl (C=O) groups excluding carboxylic acids is 2. The molecular weight excluding hydrogens is 550 g/mol. The van der Waals surface area contributed by atoms with E-state index in [0.29, 0.717) is 13.0 Å². The number of halogens is 1. The number of benzene rings is 3. The molecule has 0 aliphatic carbocycles. The van der Waals surface area contributed by atoms with Crippen LogP contribution in [0.5, 0.6) is 5.75 Å². The van der Waals surface area contributed by atoms with Gasteiger partial charge in [0.05, 0.1) is 17.7 Å². The summed E-state index contributed by atoms with van der Waals surface area (Å²) >= 11 is 6.28. The van der Waals surface area contributed by atoms with E-state index in [1.165, 1.54) is 30.2 Å². The summed E-state index contributed by atoms with van der Waals surface area (Å²) in [7, 11) is -2.83. The minimum atomic E-state index is -4.24. The van der Waals surface area contributed by atoms with Crippen molar-refractivity contribution in [1.82, 2.24) is 10.2 Å². The Morgan fingerprint density at radius 2 is 1.68 bits per heavy atom. The topological polar surface area (TPSA) is 96.0 Å². The lowest BCUT2D eigenvalue weighted by Gasteiger charge is -2.33. The number of hydrogen-bond acceptors (Lipinski definition) is 5. The Morgan fingerprint density at radius 1 is 1.00 bits per heavy atom. The fourth-order valence-corrected chi connectivity index (χ4v) is 5.86. The maximum absolute atomic E-state index is 14.1. The van der Waals surface area contributed by atoms with Crippen LogP contribution >= 0.6 is 11.6 Å². The number of rotatable bonds is 13. The van der Waals surface area contributed by atoms with Crippen molar-refractivity contribution in [3.05, 3.63) is 88.9 Å². The third-order valence-corrected chi connectivity index (χ3v) is 8.44. The number of aryl methyl sites for hydroxylation is 1. The highest BCUT2D eigenvalue weighted by Crippen LogP contribution is 2.35. The van der Waals surface area contributed by atoms with Gasteiger partial charge in [-0.2, -0.15) is 0 Å². The minimum Gasteiger partial charge on any atom is -0.495 e. The molecule has 40 heavy (non-hydrogen) atoms. The van der Waals surface area contributed by atoms with Crippen molar-refractivity contribution in [3.63, 3.8) is 0 Å². The van der Waals surface area contributed by atoms with Crippen molar-refractivity contribution in [2.45, 2.75) is 51.1 Å². The number of ether oxygens (including phenoxy) is 1. The van der Waals surface area contributed by atoms with Gasteiger partial charge in [0.1, 0.15) is 18.3 Å². The van der Waals surface area contributed by atoms with Crippen LogP contribution < -0.4 is 14.4 Å². The van der Waals surface area contributed by atoms with Gasteiger partial charge in [0, 0.05) is 18.1 Å². The molecule has 10 heteroatoms. The molecule has 0 aliphatic heterocycles. The summed E-state index contributed by atoms with van der Waals surface area (Å²) in [5.41, 5.74) is 1.82. The molecule has 3 aromatic carbocycles. The van der Waals surface area contributed by atoms with Crippen molar-refractivity contribution in [3.8, 4) is 5.75 Å². The van der Waals surface area contributed by atoms with Gasteiger partial charge in [0.15, 0.2) is 0 Å². The Labute approximate surface area is 241 Å². The van der Waals surface area contributed by atoms with Crippen LogP contribution in [0.1, 0.15) is 37.8 Å². The van der Waals surface area contributed by atoms with E-state index in [1.54, 1.807) is 24.3 Å². The molecule has 8 nitrogen and oxygen atoms in total. The molecule has 0 radical (unpaired) electrons. The Balaban J connectivity index is 2.11. The summed E-state index contributed by atoms with van der Waals surface area (Å²) in [4.78, 5) is 28.7. The molecule has 0 fully saturated rings. The van der Waals surface area contributed by atoms with Gasteiger partial charge in [-0.25, -0.2) is 8.42 Å². The van der Waals surface area contributed by atoms with Crippen molar-refractivity contribution in [1.29, 1.82) is 0 Å². The fourth-order valence-electron chi connectivity index (χ4n) is 4.27. The molecule has 0 unspecified atom stereocenters. The Bertz CT molecular complexity index is 1400. The number of nitrogens with zero attached hydrogens (tertiary/aromatic N) is 2. The highest BCUT2D eigenvalue weighted by Gasteiger charge is 2.34. The third-order valence-electron chi connectivity index (χ3n) is 6.43. The average Bonchev–Trinajstić information content (AvgIpc) is 2.95. The second kappa shape index (κ2) is 14.2. The van der Waals surface area contributed by atoms with Crippen LogP contribution in [0.15, 0.2) is 77.7 Å². The summed E-state index contributed by atoms with van der Waals surface area (Å²) in [6, 6.07) is 19.4. The lowest BCUT2D eigenvalue weighted by Crippen LogP contribution is -2.52. The van der Waals surface area contributed by atoms with Crippen LogP contribution in [0.4, 0.5) is 5.69 Å². The molecule has 0 aliphatic rings. The first kappa shape index (κ1) is 31.0.